The molecule has 0 aliphatic rings. The first-order chi connectivity index (χ1) is 7.29. The van der Waals surface area contributed by atoms with Crippen molar-refractivity contribution < 1.29 is 61.3 Å². The molecule has 0 aliphatic heterocycles. The summed E-state index contributed by atoms with van der Waals surface area (Å²) in [6, 6.07) is 17.1. The Bertz CT molecular complexity index is 484. The molecule has 2 rings (SSSR count). The fourth-order valence-corrected chi connectivity index (χ4v) is 1.46. The maximum absolute atomic E-state index is 10.9. The van der Waals surface area contributed by atoms with E-state index in [0.29, 0.717) is 5.56 Å². The number of carboxylic acid groups (broad SMARTS) is 1. The number of carbonyl (C=O) groups excluding carboxylic acids is 1. The van der Waals surface area contributed by atoms with Gasteiger partial charge in [-0.15, -0.1) is 0 Å². The van der Waals surface area contributed by atoms with Gasteiger partial charge in [0.15, 0.2) is 0 Å². The van der Waals surface area contributed by atoms with Crippen LogP contribution < -0.4 is 56.5 Å². The van der Waals surface area contributed by atoms with Crippen LogP contribution in [-0.2, 0) is 0 Å². The molecule has 4 heteroatoms. The van der Waals surface area contributed by atoms with Crippen molar-refractivity contribution >= 4 is 57.4 Å². The predicted octanol–water partition coefficient (Wildman–Crippen LogP) is -1.86. The molecular weight excluding hydrogens is 266 g/mol. The van der Waals surface area contributed by atoms with Gasteiger partial charge in [0.25, 0.3) is 0 Å². The summed E-state index contributed by atoms with van der Waals surface area (Å²) in [7, 11) is 0. The van der Waals surface area contributed by atoms with E-state index in [-0.39, 0.29) is 108 Å². The average Bonchev–Trinajstić information content (AvgIpc) is 2.30. The molecule has 2 radical (unpaired) electrons. The third-order valence-electron chi connectivity index (χ3n) is 2.15. The summed E-state index contributed by atoms with van der Waals surface area (Å²) in [5, 5.41) is 10.9. The topological polar surface area (TPSA) is 40.1 Å². The van der Waals surface area contributed by atoms with Crippen molar-refractivity contribution in [1.29, 1.82) is 0 Å². The minimum atomic E-state index is -1.20. The number of hydrogen-bond acceptors (Lipinski definition) is 2. The molecule has 0 N–H and O–H groups in total. The van der Waals surface area contributed by atoms with E-state index < -0.39 is 5.97 Å². The van der Waals surface area contributed by atoms with Gasteiger partial charge in [-0.25, -0.2) is 0 Å². The number of carboxylic acids is 1. The fourth-order valence-electron chi connectivity index (χ4n) is 1.46. The molecule has 0 fully saturated rings. The molecule has 2 nitrogen and oxygen atoms in total. The minimum absolute atomic E-state index is 0. The zero-order chi connectivity index (χ0) is 10.7. The van der Waals surface area contributed by atoms with E-state index in [9.17, 15) is 9.90 Å². The van der Waals surface area contributed by atoms with Crippen molar-refractivity contribution in [2.75, 3.05) is 0 Å². The largest absolute Gasteiger partial charge is 1.00 e. The molecule has 2 aromatic rings. The molecule has 0 aromatic heterocycles. The molecule has 2 aromatic carbocycles. The summed E-state index contributed by atoms with van der Waals surface area (Å²) < 4.78 is 0. The minimum Gasteiger partial charge on any atom is -0.545 e. The molecule has 0 saturated carbocycles. The third kappa shape index (κ3) is 4.99. The normalized spacial score (nSPS) is 8.71. The first kappa shape index (κ1) is 18.2. The van der Waals surface area contributed by atoms with Crippen LogP contribution in [0.3, 0.4) is 0 Å². The maximum Gasteiger partial charge on any atom is 1.00 e. The smallest absolute Gasteiger partial charge is 0.545 e. The first-order valence-electron chi connectivity index (χ1n) is 4.56. The summed E-state index contributed by atoms with van der Waals surface area (Å²) >= 11 is 0. The zero-order valence-electron chi connectivity index (χ0n) is 9.94. The van der Waals surface area contributed by atoms with Crippen LogP contribution in [0.4, 0.5) is 0 Å². The number of rotatable bonds is 2. The second kappa shape index (κ2) is 9.14. The summed E-state index contributed by atoms with van der Waals surface area (Å²) in [6.45, 7) is 0. The number of benzene rings is 2. The third-order valence-corrected chi connectivity index (χ3v) is 2.15. The second-order valence-corrected chi connectivity index (χ2v) is 3.11. The number of carbonyl (C=O) groups is 1. The Morgan fingerprint density at radius 1 is 1.06 bits per heavy atom. The average molecular weight is 274 g/mol. The monoisotopic (exact) mass is 274 g/mol. The summed E-state index contributed by atoms with van der Waals surface area (Å²) in [5.74, 6) is -1.20. The molecule has 0 heterocycles. The van der Waals surface area contributed by atoms with E-state index in [1.165, 1.54) is 0 Å². The Labute approximate surface area is 186 Å². The Kier molecular flexibility index (Phi) is 9.78. The van der Waals surface area contributed by atoms with Crippen LogP contribution in [-0.4, -0.2) is 57.4 Å². The summed E-state index contributed by atoms with van der Waals surface area (Å²) in [6.07, 6.45) is 0. The van der Waals surface area contributed by atoms with E-state index in [4.69, 9.17) is 0 Å². The van der Waals surface area contributed by atoms with Crippen molar-refractivity contribution in [2.45, 2.75) is 0 Å². The van der Waals surface area contributed by atoms with Gasteiger partial charge in [0.1, 0.15) is 0 Å². The standard InChI is InChI=1S/C13H9O2.2K/c14-13(15)12-9-5-4-8-11(12)10-6-2-1-3-7-10;;/h1-8H,(H,14,15);;/q;;+1/p-1. The van der Waals surface area contributed by atoms with E-state index in [1.807, 2.05) is 30.3 Å². The van der Waals surface area contributed by atoms with Crippen LogP contribution in [0.5, 0.6) is 0 Å². The van der Waals surface area contributed by atoms with Crippen LogP contribution in [0.1, 0.15) is 10.4 Å². The molecule has 0 spiro atoms. The molecule has 17 heavy (non-hydrogen) atoms. The van der Waals surface area contributed by atoms with Gasteiger partial charge in [-0.05, 0) is 17.2 Å². The molecule has 0 amide bonds. The predicted molar refractivity (Wildman–Crippen MR) is 60.8 cm³/mol. The van der Waals surface area contributed by atoms with E-state index in [1.54, 1.807) is 18.2 Å². The number of aromatic carboxylic acids is 1. The van der Waals surface area contributed by atoms with Crippen molar-refractivity contribution in [3.05, 3.63) is 60.2 Å². The van der Waals surface area contributed by atoms with Crippen molar-refractivity contribution in [3.63, 3.8) is 0 Å². The van der Waals surface area contributed by atoms with Gasteiger partial charge in [0.2, 0.25) is 0 Å². The molecule has 0 atom stereocenters. The Balaban J connectivity index is 0.00000128. The van der Waals surface area contributed by atoms with Crippen LogP contribution in [0.2, 0.25) is 0 Å². The van der Waals surface area contributed by atoms with Crippen LogP contribution in [0.25, 0.3) is 11.1 Å². The summed E-state index contributed by atoms with van der Waals surface area (Å²) in [4.78, 5) is 10.9. The molecule has 0 bridgehead atoms. The van der Waals surface area contributed by atoms with Gasteiger partial charge in [0.05, 0.1) is 5.97 Å². The van der Waals surface area contributed by atoms with Crippen LogP contribution in [0, 0.1) is 6.07 Å². The van der Waals surface area contributed by atoms with E-state index >= 15 is 0 Å². The maximum atomic E-state index is 10.9. The van der Waals surface area contributed by atoms with Crippen molar-refractivity contribution in [2.24, 2.45) is 0 Å². The van der Waals surface area contributed by atoms with Gasteiger partial charge in [-0.2, -0.15) is 0 Å². The SMILES string of the molecule is O=C([O-])c1[c]cccc1-c1ccccc1.[K+].[K]. The van der Waals surface area contributed by atoms with Gasteiger partial charge in [-0.1, -0.05) is 48.5 Å². The van der Waals surface area contributed by atoms with E-state index in [2.05, 4.69) is 6.07 Å². The molecule has 0 unspecified atom stereocenters. The Hall–Kier alpha value is 1.18. The molecular formula is C13H8K2O2. The summed E-state index contributed by atoms with van der Waals surface area (Å²) in [5.41, 5.74) is 1.59. The van der Waals surface area contributed by atoms with Crippen molar-refractivity contribution in [1.82, 2.24) is 0 Å². The van der Waals surface area contributed by atoms with Gasteiger partial charge >= 0.3 is 51.4 Å². The second-order valence-electron chi connectivity index (χ2n) is 3.11. The van der Waals surface area contributed by atoms with Gasteiger partial charge < -0.3 is 9.90 Å². The Morgan fingerprint density at radius 2 is 1.71 bits per heavy atom. The Morgan fingerprint density at radius 3 is 2.29 bits per heavy atom. The molecule has 0 saturated heterocycles. The quantitative estimate of drug-likeness (QED) is 0.603. The van der Waals surface area contributed by atoms with Gasteiger partial charge in [-0.3, -0.25) is 0 Å². The first-order valence-corrected chi connectivity index (χ1v) is 4.56. The number of hydrogen-bond donors (Lipinski definition) is 0. The fraction of sp³-hybridized carbons (Fsp3) is 0. The molecule has 0 aliphatic carbocycles. The molecule has 74 valence electrons. The van der Waals surface area contributed by atoms with Crippen LogP contribution in [0.15, 0.2) is 48.5 Å². The zero-order valence-corrected chi connectivity index (χ0v) is 16.2. The van der Waals surface area contributed by atoms with Crippen molar-refractivity contribution in [3.8, 4) is 11.1 Å². The van der Waals surface area contributed by atoms with Gasteiger partial charge in [0, 0.05) is 56.9 Å². The van der Waals surface area contributed by atoms with Crippen LogP contribution >= 0.6 is 0 Å². The van der Waals surface area contributed by atoms with E-state index in [0.717, 1.165) is 5.56 Å².